The predicted molar refractivity (Wildman–Crippen MR) is 66.9 cm³/mol. The van der Waals surface area contributed by atoms with E-state index >= 15 is 0 Å². The Hall–Kier alpha value is -1.26. The number of rotatable bonds is 1. The fourth-order valence-electron chi connectivity index (χ4n) is 1.69. The molecule has 2 aromatic carbocycles. The summed E-state index contributed by atoms with van der Waals surface area (Å²) in [5, 5.41) is 0.360. The highest BCUT2D eigenvalue weighted by atomic mass is 35.5. The number of hydrogen-bond acceptors (Lipinski definition) is 0. The molecule has 0 unspecified atom stereocenters. The van der Waals surface area contributed by atoms with Crippen LogP contribution in [0.15, 0.2) is 36.4 Å². The lowest BCUT2D eigenvalue weighted by Crippen LogP contribution is -2.08. The van der Waals surface area contributed by atoms with Crippen LogP contribution in [-0.2, 0) is 6.18 Å². The van der Waals surface area contributed by atoms with Gasteiger partial charge in [0.05, 0.1) is 5.56 Å². The van der Waals surface area contributed by atoms with E-state index in [0.717, 1.165) is 12.1 Å². The average Bonchev–Trinajstić information content (AvgIpc) is 2.31. The van der Waals surface area contributed by atoms with Crippen LogP contribution in [0.3, 0.4) is 0 Å². The monoisotopic (exact) mass is 308 g/mol. The number of benzene rings is 2. The van der Waals surface area contributed by atoms with Crippen LogP contribution in [0.5, 0.6) is 0 Å². The van der Waals surface area contributed by atoms with Gasteiger partial charge in [-0.15, -0.1) is 0 Å². The van der Waals surface area contributed by atoms with Crippen molar-refractivity contribution in [1.82, 2.24) is 0 Å². The lowest BCUT2D eigenvalue weighted by molar-refractivity contribution is -0.137. The maximum absolute atomic E-state index is 13.0. The fraction of sp³-hybridized carbons (Fsp3) is 0.0769. The van der Waals surface area contributed by atoms with Crippen LogP contribution in [-0.4, -0.2) is 0 Å². The van der Waals surface area contributed by atoms with Gasteiger partial charge in [0.15, 0.2) is 0 Å². The van der Waals surface area contributed by atoms with Crippen molar-refractivity contribution in [3.05, 3.63) is 57.8 Å². The molecule has 0 aromatic heterocycles. The lowest BCUT2D eigenvalue weighted by Gasteiger charge is -2.14. The molecule has 0 aliphatic rings. The molecular weight excluding hydrogens is 303 g/mol. The molecule has 0 atom stereocenters. The Morgan fingerprint density at radius 3 is 2.16 bits per heavy atom. The van der Waals surface area contributed by atoms with Crippen LogP contribution in [0, 0.1) is 5.82 Å². The van der Waals surface area contributed by atoms with Crippen LogP contribution in [0.2, 0.25) is 10.0 Å². The van der Waals surface area contributed by atoms with Crippen LogP contribution < -0.4 is 0 Å². The van der Waals surface area contributed by atoms with Crippen molar-refractivity contribution in [3.8, 4) is 11.1 Å². The molecule has 100 valence electrons. The largest absolute Gasteiger partial charge is 0.417 e. The van der Waals surface area contributed by atoms with E-state index in [2.05, 4.69) is 0 Å². The fourth-order valence-corrected chi connectivity index (χ4v) is 2.08. The van der Waals surface area contributed by atoms with Crippen molar-refractivity contribution < 1.29 is 17.6 Å². The molecule has 0 aliphatic heterocycles. The summed E-state index contributed by atoms with van der Waals surface area (Å²) in [6, 6.07) is 6.59. The minimum atomic E-state index is -4.68. The Labute approximate surface area is 116 Å². The highest BCUT2D eigenvalue weighted by Crippen LogP contribution is 2.40. The Morgan fingerprint density at radius 1 is 0.842 bits per heavy atom. The van der Waals surface area contributed by atoms with Crippen molar-refractivity contribution >= 4 is 23.2 Å². The minimum absolute atomic E-state index is 0.112. The molecule has 0 amide bonds. The zero-order valence-corrected chi connectivity index (χ0v) is 10.7. The molecule has 0 spiro atoms. The molecule has 0 nitrogen and oxygen atoms in total. The molecule has 0 saturated heterocycles. The second kappa shape index (κ2) is 5.02. The topological polar surface area (TPSA) is 0 Å². The van der Waals surface area contributed by atoms with Crippen molar-refractivity contribution in [1.29, 1.82) is 0 Å². The molecule has 2 rings (SSSR count). The third kappa shape index (κ3) is 3.01. The Balaban J connectivity index is 2.72. The van der Waals surface area contributed by atoms with E-state index in [0.29, 0.717) is 6.07 Å². The van der Waals surface area contributed by atoms with Gasteiger partial charge in [0.25, 0.3) is 0 Å². The average molecular weight is 309 g/mol. The third-order valence-corrected chi connectivity index (χ3v) is 3.07. The summed E-state index contributed by atoms with van der Waals surface area (Å²) >= 11 is 11.6. The Bertz CT molecular complexity index is 621. The molecule has 0 aliphatic carbocycles. The van der Waals surface area contributed by atoms with Crippen LogP contribution >= 0.6 is 23.2 Å². The molecule has 6 heteroatoms. The summed E-state index contributed by atoms with van der Waals surface area (Å²) in [6.07, 6.45) is -4.68. The molecule has 0 fully saturated rings. The van der Waals surface area contributed by atoms with Gasteiger partial charge in [0.1, 0.15) is 5.82 Å². The van der Waals surface area contributed by atoms with E-state index in [9.17, 15) is 17.6 Å². The summed E-state index contributed by atoms with van der Waals surface area (Å²) in [6.45, 7) is 0. The molecule has 0 radical (unpaired) electrons. The first-order valence-corrected chi connectivity index (χ1v) is 5.87. The quantitative estimate of drug-likeness (QED) is 0.582. The molecule has 0 bridgehead atoms. The van der Waals surface area contributed by atoms with Crippen molar-refractivity contribution in [2.24, 2.45) is 0 Å². The van der Waals surface area contributed by atoms with Crippen LogP contribution in [0.4, 0.5) is 17.6 Å². The van der Waals surface area contributed by atoms with E-state index < -0.39 is 17.6 Å². The van der Waals surface area contributed by atoms with Crippen LogP contribution in [0.1, 0.15) is 5.56 Å². The van der Waals surface area contributed by atoms with Crippen molar-refractivity contribution in [3.63, 3.8) is 0 Å². The first-order chi connectivity index (χ1) is 8.79. The van der Waals surface area contributed by atoms with Gasteiger partial charge in [-0.05, 0) is 35.9 Å². The molecule has 2 aromatic rings. The zero-order valence-electron chi connectivity index (χ0n) is 9.23. The predicted octanol–water partition coefficient (Wildman–Crippen LogP) is 5.82. The number of alkyl halides is 3. The van der Waals surface area contributed by atoms with Crippen LogP contribution in [0.25, 0.3) is 11.1 Å². The van der Waals surface area contributed by atoms with Gasteiger partial charge in [0, 0.05) is 15.6 Å². The number of hydrogen-bond donors (Lipinski definition) is 0. The summed E-state index contributed by atoms with van der Waals surface area (Å²) in [4.78, 5) is 0. The molecule has 0 heterocycles. The minimum Gasteiger partial charge on any atom is -0.207 e. The van der Waals surface area contributed by atoms with Gasteiger partial charge in [-0.1, -0.05) is 29.3 Å². The van der Waals surface area contributed by atoms with E-state index in [-0.39, 0.29) is 21.2 Å². The van der Waals surface area contributed by atoms with E-state index in [4.69, 9.17) is 23.2 Å². The van der Waals surface area contributed by atoms with Crippen molar-refractivity contribution in [2.45, 2.75) is 6.18 Å². The molecule has 19 heavy (non-hydrogen) atoms. The van der Waals surface area contributed by atoms with Gasteiger partial charge in [0.2, 0.25) is 0 Å². The summed E-state index contributed by atoms with van der Waals surface area (Å²) in [7, 11) is 0. The molecule has 0 saturated carbocycles. The van der Waals surface area contributed by atoms with Gasteiger partial charge >= 0.3 is 6.18 Å². The maximum Gasteiger partial charge on any atom is 0.417 e. The summed E-state index contributed by atoms with van der Waals surface area (Å²) in [5.41, 5.74) is -1.18. The van der Waals surface area contributed by atoms with Gasteiger partial charge in [-0.25, -0.2) is 4.39 Å². The highest BCUT2D eigenvalue weighted by molar-refractivity contribution is 6.35. The summed E-state index contributed by atoms with van der Waals surface area (Å²) in [5.74, 6) is -0.964. The van der Waals surface area contributed by atoms with E-state index in [1.165, 1.54) is 18.2 Å². The Kier molecular flexibility index (Phi) is 3.74. The van der Waals surface area contributed by atoms with Gasteiger partial charge in [-0.3, -0.25) is 0 Å². The lowest BCUT2D eigenvalue weighted by atomic mass is 9.99. The smallest absolute Gasteiger partial charge is 0.207 e. The van der Waals surface area contributed by atoms with E-state index in [1.54, 1.807) is 0 Å². The standard InChI is InChI=1S/C13H6Cl2F4/c14-7-1-4-12(15)10(5-7)9-3-2-8(16)6-11(9)13(17,18)19/h1-6H. The normalized spacial score (nSPS) is 11.7. The maximum atomic E-state index is 13.0. The first-order valence-electron chi connectivity index (χ1n) is 5.11. The second-order valence-corrected chi connectivity index (χ2v) is 4.66. The Morgan fingerprint density at radius 2 is 1.53 bits per heavy atom. The third-order valence-electron chi connectivity index (χ3n) is 2.51. The molecular formula is C13H6Cl2F4. The highest BCUT2D eigenvalue weighted by Gasteiger charge is 2.34. The van der Waals surface area contributed by atoms with E-state index in [1.807, 2.05) is 0 Å². The summed E-state index contributed by atoms with van der Waals surface area (Å²) < 4.78 is 51.7. The van der Waals surface area contributed by atoms with Gasteiger partial charge < -0.3 is 0 Å². The van der Waals surface area contributed by atoms with Gasteiger partial charge in [-0.2, -0.15) is 13.2 Å². The first kappa shape index (κ1) is 14.2. The number of halogens is 6. The second-order valence-electron chi connectivity index (χ2n) is 3.81. The zero-order chi connectivity index (χ0) is 14.2. The molecule has 0 N–H and O–H groups in total. The SMILES string of the molecule is Fc1ccc(-c2cc(Cl)ccc2Cl)c(C(F)(F)F)c1. The van der Waals surface area contributed by atoms with Crippen molar-refractivity contribution in [2.75, 3.05) is 0 Å².